The summed E-state index contributed by atoms with van der Waals surface area (Å²) in [4.78, 5) is 27.6. The highest BCUT2D eigenvalue weighted by atomic mass is 32.2. The monoisotopic (exact) mass is 527 g/mol. The van der Waals surface area contributed by atoms with Crippen LogP contribution in [0.15, 0.2) is 76.7 Å². The molecule has 190 valence electrons. The molecule has 9 nitrogen and oxygen atoms in total. The fourth-order valence-corrected chi connectivity index (χ4v) is 4.83. The average Bonchev–Trinajstić information content (AvgIpc) is 2.96. The molecule has 38 heavy (non-hydrogen) atoms. The highest BCUT2D eigenvalue weighted by Gasteiger charge is 2.21. The Kier molecular flexibility index (Phi) is 7.89. The molecule has 0 unspecified atom stereocenters. The lowest BCUT2D eigenvalue weighted by Gasteiger charge is -2.17. The first-order valence-electron chi connectivity index (χ1n) is 11.2. The molecular weight excluding hydrogens is 506 g/mol. The number of nitro benzene ring substituents is 1. The van der Waals surface area contributed by atoms with E-state index >= 15 is 0 Å². The van der Waals surface area contributed by atoms with E-state index in [0.29, 0.717) is 50.3 Å². The molecule has 0 saturated carbocycles. The number of aromatic nitrogens is 1. The van der Waals surface area contributed by atoms with Gasteiger partial charge in [-0.1, -0.05) is 42.1 Å². The number of hydrogen-bond acceptors (Lipinski definition) is 9. The van der Waals surface area contributed by atoms with Gasteiger partial charge in [-0.05, 0) is 29.8 Å². The minimum absolute atomic E-state index is 0.120. The van der Waals surface area contributed by atoms with E-state index < -0.39 is 4.92 Å². The van der Waals surface area contributed by atoms with E-state index in [2.05, 4.69) is 6.07 Å². The van der Waals surface area contributed by atoms with Crippen LogP contribution in [-0.4, -0.2) is 37.5 Å². The van der Waals surface area contributed by atoms with Crippen molar-refractivity contribution in [1.82, 2.24) is 4.98 Å². The first-order chi connectivity index (χ1) is 18.4. The molecule has 0 fully saturated rings. The minimum Gasteiger partial charge on any atom is -0.493 e. The Balaban J connectivity index is 1.98. The first kappa shape index (κ1) is 26.2. The summed E-state index contributed by atoms with van der Waals surface area (Å²) in [7, 11) is 4.51. The van der Waals surface area contributed by atoms with Crippen molar-refractivity contribution in [2.24, 2.45) is 0 Å². The fraction of sp³-hybridized carbons (Fsp3) is 0.107. The lowest BCUT2D eigenvalue weighted by Crippen LogP contribution is -1.99. The summed E-state index contributed by atoms with van der Waals surface area (Å²) in [6.07, 6.45) is 0.544. The molecule has 0 saturated heterocycles. The quantitative estimate of drug-likeness (QED) is 0.142. The molecule has 0 bridgehead atoms. The van der Waals surface area contributed by atoms with Crippen LogP contribution in [0, 0.1) is 21.4 Å². The van der Waals surface area contributed by atoms with Crippen LogP contribution in [0.4, 0.5) is 5.69 Å². The van der Waals surface area contributed by atoms with Gasteiger partial charge in [0.05, 0.1) is 37.5 Å². The van der Waals surface area contributed by atoms with Gasteiger partial charge in [-0.15, -0.1) is 0 Å². The Bertz CT molecular complexity index is 1540. The van der Waals surface area contributed by atoms with Crippen molar-refractivity contribution < 1.29 is 23.9 Å². The molecule has 1 aromatic heterocycles. The molecule has 0 atom stereocenters. The largest absolute Gasteiger partial charge is 0.493 e. The van der Waals surface area contributed by atoms with Crippen LogP contribution in [0.2, 0.25) is 0 Å². The lowest BCUT2D eigenvalue weighted by atomic mass is 9.98. The van der Waals surface area contributed by atoms with Crippen molar-refractivity contribution in [1.29, 1.82) is 5.26 Å². The van der Waals surface area contributed by atoms with Crippen LogP contribution in [-0.2, 0) is 0 Å². The molecule has 0 radical (unpaired) electrons. The molecule has 4 aromatic rings. The Morgan fingerprint density at radius 2 is 1.63 bits per heavy atom. The molecule has 4 rings (SSSR count). The van der Waals surface area contributed by atoms with Gasteiger partial charge in [0.1, 0.15) is 11.1 Å². The standard InChI is InChI=1S/C28H21N3O6S/c1-35-24-12-18(13-25(36-2)27(24)37-3)21-14-23(17-7-5-4-6-8-17)30-28(22(21)15-29)38-26-10-9-20(31(33)34)11-19(26)16-32/h4-14,16H,1-3H3. The minimum atomic E-state index is -0.570. The van der Waals surface area contributed by atoms with Gasteiger partial charge in [0, 0.05) is 33.7 Å². The van der Waals surface area contributed by atoms with Gasteiger partial charge >= 0.3 is 0 Å². The summed E-state index contributed by atoms with van der Waals surface area (Å²) >= 11 is 1.08. The van der Waals surface area contributed by atoms with Crippen LogP contribution >= 0.6 is 11.8 Å². The number of aldehydes is 1. The van der Waals surface area contributed by atoms with E-state index in [4.69, 9.17) is 19.2 Å². The highest BCUT2D eigenvalue weighted by molar-refractivity contribution is 7.99. The number of ether oxygens (including phenoxy) is 3. The maximum absolute atomic E-state index is 11.8. The zero-order valence-corrected chi connectivity index (χ0v) is 21.4. The second-order valence-electron chi connectivity index (χ2n) is 7.83. The maximum atomic E-state index is 11.8. The van der Waals surface area contributed by atoms with Crippen LogP contribution in [0.3, 0.4) is 0 Å². The summed E-state index contributed by atoms with van der Waals surface area (Å²) in [5, 5.41) is 21.8. The Hall–Kier alpha value is -4.88. The van der Waals surface area contributed by atoms with E-state index in [1.165, 1.54) is 39.5 Å². The molecule has 0 aliphatic heterocycles. The third-order valence-corrected chi connectivity index (χ3v) is 6.76. The summed E-state index contributed by atoms with van der Waals surface area (Å²) in [6.45, 7) is 0. The zero-order valence-electron chi connectivity index (χ0n) is 20.6. The third-order valence-electron chi connectivity index (χ3n) is 5.68. The predicted molar refractivity (Wildman–Crippen MR) is 142 cm³/mol. The summed E-state index contributed by atoms with van der Waals surface area (Å²) in [6, 6.07) is 20.9. The normalized spacial score (nSPS) is 10.4. The molecule has 1 heterocycles. The number of carbonyl (C=O) groups is 1. The van der Waals surface area contributed by atoms with E-state index in [1.54, 1.807) is 18.2 Å². The number of hydrogen-bond donors (Lipinski definition) is 0. The Labute approximate surface area is 222 Å². The fourth-order valence-electron chi connectivity index (χ4n) is 3.86. The Morgan fingerprint density at radius 3 is 2.18 bits per heavy atom. The van der Waals surface area contributed by atoms with Crippen molar-refractivity contribution in [3.8, 4) is 45.7 Å². The molecule has 0 spiro atoms. The molecule has 0 N–H and O–H groups in total. The Morgan fingerprint density at radius 1 is 0.947 bits per heavy atom. The number of pyridine rings is 1. The number of nitriles is 1. The molecular formula is C28H21N3O6S. The second kappa shape index (κ2) is 11.5. The van der Waals surface area contributed by atoms with Crippen molar-refractivity contribution >= 4 is 23.7 Å². The third kappa shape index (κ3) is 5.14. The predicted octanol–water partition coefficient (Wildman–Crippen LogP) is 6.18. The topological polar surface area (TPSA) is 125 Å². The second-order valence-corrected chi connectivity index (χ2v) is 8.86. The first-order valence-corrected chi connectivity index (χ1v) is 12.0. The number of rotatable bonds is 9. The number of methoxy groups -OCH3 is 3. The van der Waals surface area contributed by atoms with Gasteiger partial charge in [0.15, 0.2) is 17.8 Å². The molecule has 0 aliphatic rings. The van der Waals surface area contributed by atoms with Crippen molar-refractivity contribution in [3.63, 3.8) is 0 Å². The van der Waals surface area contributed by atoms with E-state index in [9.17, 15) is 20.2 Å². The average molecular weight is 528 g/mol. The van der Waals surface area contributed by atoms with Crippen molar-refractivity contribution in [2.75, 3.05) is 21.3 Å². The van der Waals surface area contributed by atoms with Crippen LogP contribution in [0.1, 0.15) is 15.9 Å². The van der Waals surface area contributed by atoms with Crippen LogP contribution in [0.5, 0.6) is 17.2 Å². The van der Waals surface area contributed by atoms with E-state index in [-0.39, 0.29) is 16.8 Å². The number of nitro groups is 1. The van der Waals surface area contributed by atoms with E-state index in [0.717, 1.165) is 17.3 Å². The number of non-ortho nitro benzene ring substituents is 1. The van der Waals surface area contributed by atoms with E-state index in [1.807, 2.05) is 30.3 Å². The maximum Gasteiger partial charge on any atom is 0.270 e. The van der Waals surface area contributed by atoms with Gasteiger partial charge in [0.2, 0.25) is 5.75 Å². The number of benzene rings is 3. The smallest absolute Gasteiger partial charge is 0.270 e. The highest BCUT2D eigenvalue weighted by Crippen LogP contribution is 2.44. The molecule has 0 amide bonds. The van der Waals surface area contributed by atoms with Gasteiger partial charge in [0.25, 0.3) is 5.69 Å². The summed E-state index contributed by atoms with van der Waals surface area (Å²) < 4.78 is 16.5. The summed E-state index contributed by atoms with van der Waals surface area (Å²) in [5.41, 5.74) is 2.74. The van der Waals surface area contributed by atoms with Crippen molar-refractivity contribution in [3.05, 3.63) is 88.0 Å². The van der Waals surface area contributed by atoms with Crippen LogP contribution in [0.25, 0.3) is 22.4 Å². The molecule has 0 aliphatic carbocycles. The van der Waals surface area contributed by atoms with Gasteiger partial charge in [-0.25, -0.2) is 4.98 Å². The van der Waals surface area contributed by atoms with Gasteiger partial charge in [-0.2, -0.15) is 5.26 Å². The molecule has 10 heteroatoms. The van der Waals surface area contributed by atoms with Gasteiger partial charge in [-0.3, -0.25) is 14.9 Å². The lowest BCUT2D eigenvalue weighted by molar-refractivity contribution is -0.384. The zero-order chi connectivity index (χ0) is 27.2. The SMILES string of the molecule is COc1cc(-c2cc(-c3ccccc3)nc(Sc3ccc([N+](=O)[O-])cc3C=O)c2C#N)cc(OC)c1OC. The molecule has 3 aromatic carbocycles. The van der Waals surface area contributed by atoms with Gasteiger partial charge < -0.3 is 14.2 Å². The number of carbonyl (C=O) groups excluding carboxylic acids is 1. The van der Waals surface area contributed by atoms with Crippen molar-refractivity contribution in [2.45, 2.75) is 9.92 Å². The van der Waals surface area contributed by atoms with Crippen LogP contribution < -0.4 is 14.2 Å². The summed E-state index contributed by atoms with van der Waals surface area (Å²) in [5.74, 6) is 1.24. The number of nitrogens with zero attached hydrogens (tertiary/aromatic N) is 3.